The second-order valence-corrected chi connectivity index (χ2v) is 8.02. The molecule has 0 spiro atoms. The molecule has 1 unspecified atom stereocenters. The van der Waals surface area contributed by atoms with Crippen LogP contribution in [0, 0.1) is 5.92 Å². The van der Waals surface area contributed by atoms with Gasteiger partial charge in [0, 0.05) is 23.7 Å². The van der Waals surface area contributed by atoms with Crippen LogP contribution >= 0.6 is 0 Å². The molecule has 1 aromatic heterocycles. The van der Waals surface area contributed by atoms with Crippen LogP contribution in [0.1, 0.15) is 43.2 Å². The Morgan fingerprint density at radius 3 is 2.73 bits per heavy atom. The zero-order chi connectivity index (χ0) is 21.3. The van der Waals surface area contributed by atoms with Crippen molar-refractivity contribution in [2.24, 2.45) is 5.92 Å². The van der Waals surface area contributed by atoms with Crippen LogP contribution in [0.25, 0.3) is 10.9 Å². The summed E-state index contributed by atoms with van der Waals surface area (Å²) in [6, 6.07) is 4.71. The maximum Gasteiger partial charge on any atom is 0.333 e. The van der Waals surface area contributed by atoms with E-state index in [1.165, 1.54) is 6.07 Å². The number of aromatic nitrogens is 2. The van der Waals surface area contributed by atoms with Crippen LogP contribution < -0.4 is 16.0 Å². The number of benzene rings is 1. The van der Waals surface area contributed by atoms with Crippen LogP contribution in [-0.4, -0.2) is 64.3 Å². The average Bonchev–Trinajstić information content (AvgIpc) is 3.12. The number of anilines is 1. The number of piperidine rings is 3. The second-order valence-electron chi connectivity index (χ2n) is 8.02. The van der Waals surface area contributed by atoms with Gasteiger partial charge in [-0.1, -0.05) is 6.92 Å². The predicted molar refractivity (Wildman–Crippen MR) is 109 cm³/mol. The van der Waals surface area contributed by atoms with Gasteiger partial charge in [-0.15, -0.1) is 0 Å². The van der Waals surface area contributed by atoms with Gasteiger partial charge in [0.25, 0.3) is 5.91 Å². The van der Waals surface area contributed by atoms with Gasteiger partial charge in [-0.2, -0.15) is 13.9 Å². The van der Waals surface area contributed by atoms with Crippen molar-refractivity contribution in [3.8, 4) is 0 Å². The minimum atomic E-state index is -2.88. The van der Waals surface area contributed by atoms with Crippen molar-refractivity contribution in [3.63, 3.8) is 0 Å². The van der Waals surface area contributed by atoms with Gasteiger partial charge in [0.1, 0.15) is 0 Å². The van der Waals surface area contributed by atoms with Gasteiger partial charge in [0.15, 0.2) is 12.0 Å². The first kappa shape index (κ1) is 21.0. The van der Waals surface area contributed by atoms with Crippen LogP contribution in [0.15, 0.2) is 18.2 Å². The molecule has 3 fully saturated rings. The highest BCUT2D eigenvalue weighted by Gasteiger charge is 2.35. The molecule has 30 heavy (non-hydrogen) atoms. The minimum Gasteiger partial charge on any atom is -0.361 e. The van der Waals surface area contributed by atoms with Crippen LogP contribution in [0.4, 0.5) is 14.5 Å². The summed E-state index contributed by atoms with van der Waals surface area (Å²) in [6.45, 7) is 2.58. The van der Waals surface area contributed by atoms with E-state index in [2.05, 4.69) is 25.9 Å². The molecule has 4 heterocycles. The van der Waals surface area contributed by atoms with Crippen molar-refractivity contribution in [1.29, 1.82) is 0 Å². The molecule has 164 valence electrons. The number of hydrogen-bond acceptors (Lipinski definition) is 6. The summed E-state index contributed by atoms with van der Waals surface area (Å²) >= 11 is 0. The van der Waals surface area contributed by atoms with E-state index < -0.39 is 18.8 Å². The summed E-state index contributed by atoms with van der Waals surface area (Å²) in [5, 5.41) is 22.9. The lowest BCUT2D eigenvalue weighted by atomic mass is 9.84. The van der Waals surface area contributed by atoms with Crippen molar-refractivity contribution in [3.05, 3.63) is 23.9 Å². The molecule has 2 atom stereocenters. The Hall–Kier alpha value is -2.30. The zero-order valence-electron chi connectivity index (χ0n) is 16.9. The first-order valence-electron chi connectivity index (χ1n) is 10.5. The minimum absolute atomic E-state index is 0.00190. The third-order valence-corrected chi connectivity index (χ3v) is 5.97. The third kappa shape index (κ3) is 4.26. The van der Waals surface area contributed by atoms with Gasteiger partial charge >= 0.3 is 6.55 Å². The number of fused-ring (bicyclic) bond motifs is 4. The van der Waals surface area contributed by atoms with Gasteiger partial charge in [0.2, 0.25) is 0 Å². The van der Waals surface area contributed by atoms with Gasteiger partial charge in [-0.3, -0.25) is 10.1 Å². The number of nitrogens with zero attached hydrogens (tertiary/aromatic N) is 3. The second kappa shape index (κ2) is 8.83. The Kier molecular flexibility index (Phi) is 6.16. The van der Waals surface area contributed by atoms with Crippen LogP contribution in [0.2, 0.25) is 0 Å². The molecule has 5 rings (SSSR count). The highest BCUT2D eigenvalue weighted by atomic mass is 19.3. The molecule has 8 nitrogen and oxygen atoms in total. The SMILES string of the molecule is CCCNC(O)Nc1ccc2c(C(=O)N[C@@H]3CN4CCC3CC4)nn(C(F)F)c2c1. The Bertz CT molecular complexity index is 897. The van der Waals surface area contributed by atoms with Crippen LogP contribution in [0.3, 0.4) is 0 Å². The standard InChI is InChI=1S/C20H28F2N6O2/c1-2-7-23-20(30)24-13-3-4-14-16(10-13)28(19(21)22)26-17(14)18(29)25-15-11-27-8-5-12(15)6-9-27/h3-4,10,12,15,19-20,23-24,30H,2,5-9,11H2,1H3,(H,25,29)/t15-,20?/m1/s1. The number of hydrogen-bond donors (Lipinski definition) is 4. The molecule has 3 aliphatic rings. The highest BCUT2D eigenvalue weighted by Crippen LogP contribution is 2.29. The smallest absolute Gasteiger partial charge is 0.333 e. The normalized spacial score (nSPS) is 24.4. The number of halogens is 2. The lowest BCUT2D eigenvalue weighted by Gasteiger charge is -2.44. The molecular formula is C20H28F2N6O2. The van der Waals surface area contributed by atoms with Crippen molar-refractivity contribution < 1.29 is 18.7 Å². The quantitative estimate of drug-likeness (QED) is 0.486. The molecule has 1 amide bonds. The summed E-state index contributed by atoms with van der Waals surface area (Å²) in [5.41, 5.74) is 0.583. The number of alkyl halides is 2. The third-order valence-electron chi connectivity index (χ3n) is 5.97. The van der Waals surface area contributed by atoms with E-state index in [4.69, 9.17) is 0 Å². The van der Waals surface area contributed by atoms with Crippen LogP contribution in [0.5, 0.6) is 0 Å². The molecule has 4 N–H and O–H groups in total. The Balaban J connectivity index is 1.56. The molecule has 0 aliphatic carbocycles. The monoisotopic (exact) mass is 422 g/mol. The lowest BCUT2D eigenvalue weighted by Crippen LogP contribution is -2.57. The van der Waals surface area contributed by atoms with Gasteiger partial charge in [0.05, 0.1) is 5.52 Å². The summed E-state index contributed by atoms with van der Waals surface area (Å²) in [4.78, 5) is 15.2. The van der Waals surface area contributed by atoms with Gasteiger partial charge in [-0.25, -0.2) is 4.68 Å². The molecule has 0 saturated carbocycles. The fourth-order valence-corrected chi connectivity index (χ4v) is 4.40. The fourth-order valence-electron chi connectivity index (χ4n) is 4.40. The molecule has 2 bridgehead atoms. The van der Waals surface area contributed by atoms with Crippen molar-refractivity contribution in [2.75, 3.05) is 31.5 Å². The number of carbonyl (C=O) groups is 1. The van der Waals surface area contributed by atoms with E-state index in [0.717, 1.165) is 38.9 Å². The molecule has 3 saturated heterocycles. The van der Waals surface area contributed by atoms with E-state index >= 15 is 0 Å². The number of aliphatic hydroxyl groups is 1. The average molecular weight is 422 g/mol. The van der Waals surface area contributed by atoms with E-state index in [-0.39, 0.29) is 17.3 Å². The largest absolute Gasteiger partial charge is 0.361 e. The summed E-state index contributed by atoms with van der Waals surface area (Å²) in [6.07, 6.45) is 1.92. The summed E-state index contributed by atoms with van der Waals surface area (Å²) < 4.78 is 27.7. The van der Waals surface area contributed by atoms with E-state index in [0.29, 0.717) is 28.2 Å². The van der Waals surface area contributed by atoms with Crippen molar-refractivity contribution in [2.45, 2.75) is 45.1 Å². The molecule has 1 aromatic carbocycles. The number of aliphatic hydroxyl groups excluding tert-OH is 1. The molecular weight excluding hydrogens is 394 g/mol. The van der Waals surface area contributed by atoms with E-state index in [1.54, 1.807) is 12.1 Å². The Morgan fingerprint density at radius 1 is 1.33 bits per heavy atom. The topological polar surface area (TPSA) is 94.4 Å². The van der Waals surface area contributed by atoms with Crippen molar-refractivity contribution >= 4 is 22.5 Å². The fraction of sp³-hybridized carbons (Fsp3) is 0.600. The maximum atomic E-state index is 13.6. The van der Waals surface area contributed by atoms with Crippen molar-refractivity contribution in [1.82, 2.24) is 25.3 Å². The van der Waals surface area contributed by atoms with E-state index in [1.807, 2.05) is 6.92 Å². The molecule has 10 heteroatoms. The first-order chi connectivity index (χ1) is 14.5. The molecule has 3 aliphatic heterocycles. The van der Waals surface area contributed by atoms with Crippen LogP contribution in [-0.2, 0) is 0 Å². The number of nitrogens with one attached hydrogen (secondary N) is 3. The van der Waals surface area contributed by atoms with Gasteiger partial charge in [-0.05, 0) is 63.0 Å². The first-order valence-corrected chi connectivity index (χ1v) is 10.5. The van der Waals surface area contributed by atoms with Gasteiger partial charge < -0.3 is 20.6 Å². The van der Waals surface area contributed by atoms with E-state index in [9.17, 15) is 18.7 Å². The summed E-state index contributed by atoms with van der Waals surface area (Å²) in [7, 11) is 0. The molecule has 2 aromatic rings. The zero-order valence-corrected chi connectivity index (χ0v) is 16.9. The Morgan fingerprint density at radius 2 is 2.10 bits per heavy atom. The number of carbonyl (C=O) groups excluding carboxylic acids is 1. The highest BCUT2D eigenvalue weighted by molar-refractivity contribution is 6.05. The summed E-state index contributed by atoms with van der Waals surface area (Å²) in [5.74, 6) is -0.00110. The predicted octanol–water partition coefficient (Wildman–Crippen LogP) is 1.94. The molecule has 0 radical (unpaired) electrons. The maximum absolute atomic E-state index is 13.6. The number of rotatable bonds is 8. The number of amides is 1. The Labute approximate surface area is 173 Å². The lowest BCUT2D eigenvalue weighted by molar-refractivity contribution is 0.0578.